The maximum atomic E-state index is 5.50. The summed E-state index contributed by atoms with van der Waals surface area (Å²) < 4.78 is 5.50. The Morgan fingerprint density at radius 3 is 2.68 bits per heavy atom. The van der Waals surface area contributed by atoms with E-state index in [1.54, 1.807) is 6.33 Å². The first-order chi connectivity index (χ1) is 9.35. The van der Waals surface area contributed by atoms with Gasteiger partial charge in [0.05, 0.1) is 6.61 Å². The van der Waals surface area contributed by atoms with Crippen LogP contribution in [0.4, 0.5) is 11.6 Å². The van der Waals surface area contributed by atoms with Crippen molar-refractivity contribution in [3.63, 3.8) is 0 Å². The van der Waals surface area contributed by atoms with Crippen molar-refractivity contribution in [2.45, 2.75) is 33.1 Å². The van der Waals surface area contributed by atoms with Crippen LogP contribution in [0.2, 0.25) is 0 Å². The molecule has 1 unspecified atom stereocenters. The zero-order valence-electron chi connectivity index (χ0n) is 11.9. The predicted molar refractivity (Wildman–Crippen MR) is 77.6 cm³/mol. The number of rotatable bonds is 6. The van der Waals surface area contributed by atoms with Crippen LogP contribution in [0.3, 0.4) is 0 Å². The van der Waals surface area contributed by atoms with E-state index in [2.05, 4.69) is 34.4 Å². The van der Waals surface area contributed by atoms with Crippen LogP contribution in [0.5, 0.6) is 0 Å². The fourth-order valence-corrected chi connectivity index (χ4v) is 2.43. The molecule has 1 aliphatic rings. The highest BCUT2D eigenvalue weighted by molar-refractivity contribution is 5.57. The number of nitrogens with one attached hydrogen (secondary N) is 2. The first-order valence-corrected chi connectivity index (χ1v) is 7.24. The molecule has 1 atom stereocenters. The molecular weight excluding hydrogens is 240 g/mol. The lowest BCUT2D eigenvalue weighted by Crippen LogP contribution is -2.25. The summed E-state index contributed by atoms with van der Waals surface area (Å²) in [5, 5.41) is 6.75. The van der Waals surface area contributed by atoms with Gasteiger partial charge in [-0.05, 0) is 32.1 Å². The fraction of sp³-hybridized carbons (Fsp3) is 0.714. The lowest BCUT2D eigenvalue weighted by molar-refractivity contribution is 0.0595. The van der Waals surface area contributed by atoms with Gasteiger partial charge in [-0.3, -0.25) is 0 Å². The molecule has 2 heterocycles. The minimum atomic E-state index is 0.594. The van der Waals surface area contributed by atoms with Crippen LogP contribution in [-0.2, 0) is 11.2 Å². The molecule has 1 fully saturated rings. The van der Waals surface area contributed by atoms with E-state index >= 15 is 0 Å². The number of nitrogens with zero attached hydrogens (tertiary/aromatic N) is 2. The summed E-state index contributed by atoms with van der Waals surface area (Å²) in [6.45, 7) is 7.78. The van der Waals surface area contributed by atoms with Crippen molar-refractivity contribution >= 4 is 11.6 Å². The van der Waals surface area contributed by atoms with Crippen molar-refractivity contribution in [1.29, 1.82) is 0 Å². The number of hydrogen-bond acceptors (Lipinski definition) is 5. The van der Waals surface area contributed by atoms with Crippen LogP contribution in [0, 0.1) is 5.92 Å². The summed E-state index contributed by atoms with van der Waals surface area (Å²) in [6, 6.07) is 0. The molecule has 1 aromatic rings. The van der Waals surface area contributed by atoms with Gasteiger partial charge in [-0.25, -0.2) is 9.97 Å². The van der Waals surface area contributed by atoms with Crippen LogP contribution in [-0.4, -0.2) is 36.3 Å². The van der Waals surface area contributed by atoms with Crippen molar-refractivity contribution in [2.24, 2.45) is 5.92 Å². The number of ether oxygens (including phenoxy) is 1. The molecule has 1 aliphatic heterocycles. The summed E-state index contributed by atoms with van der Waals surface area (Å²) in [4.78, 5) is 8.68. The Balaban J connectivity index is 2.00. The van der Waals surface area contributed by atoms with E-state index in [-0.39, 0.29) is 0 Å². The van der Waals surface area contributed by atoms with Gasteiger partial charge in [0.15, 0.2) is 0 Å². The maximum absolute atomic E-state index is 5.50. The summed E-state index contributed by atoms with van der Waals surface area (Å²) >= 11 is 0. The van der Waals surface area contributed by atoms with E-state index in [0.717, 1.165) is 44.4 Å². The zero-order chi connectivity index (χ0) is 13.5. The van der Waals surface area contributed by atoms with Gasteiger partial charge in [0.2, 0.25) is 0 Å². The van der Waals surface area contributed by atoms with Crippen molar-refractivity contribution in [3.8, 4) is 0 Å². The Kier molecular flexibility index (Phi) is 5.39. The molecule has 2 rings (SSSR count). The van der Waals surface area contributed by atoms with Gasteiger partial charge in [0.1, 0.15) is 18.0 Å². The minimum absolute atomic E-state index is 0.594. The molecule has 1 saturated heterocycles. The largest absolute Gasteiger partial charge is 0.381 e. The van der Waals surface area contributed by atoms with E-state index < -0.39 is 0 Å². The van der Waals surface area contributed by atoms with Crippen molar-refractivity contribution in [3.05, 3.63) is 11.9 Å². The predicted octanol–water partition coefficient (Wildman–Crippen LogP) is 2.31. The van der Waals surface area contributed by atoms with E-state index in [4.69, 9.17) is 4.74 Å². The van der Waals surface area contributed by atoms with Crippen LogP contribution in [0.1, 0.15) is 32.3 Å². The summed E-state index contributed by atoms with van der Waals surface area (Å²) in [7, 11) is 0. The highest BCUT2D eigenvalue weighted by Gasteiger charge is 2.15. The number of hydrogen-bond donors (Lipinski definition) is 2. The maximum Gasteiger partial charge on any atom is 0.134 e. The van der Waals surface area contributed by atoms with E-state index in [1.807, 2.05) is 0 Å². The normalized spacial score (nSPS) is 19.2. The second-order valence-electron chi connectivity index (χ2n) is 4.90. The molecule has 19 heavy (non-hydrogen) atoms. The molecule has 0 aromatic carbocycles. The number of anilines is 2. The third-order valence-electron chi connectivity index (χ3n) is 3.46. The van der Waals surface area contributed by atoms with Gasteiger partial charge in [0, 0.05) is 25.3 Å². The van der Waals surface area contributed by atoms with Gasteiger partial charge in [-0.15, -0.1) is 0 Å². The van der Waals surface area contributed by atoms with Crippen molar-refractivity contribution < 1.29 is 4.74 Å². The quantitative estimate of drug-likeness (QED) is 0.825. The topological polar surface area (TPSA) is 59.1 Å². The molecular formula is C14H24N4O. The van der Waals surface area contributed by atoms with E-state index in [0.29, 0.717) is 5.92 Å². The van der Waals surface area contributed by atoms with Crippen molar-refractivity contribution in [1.82, 2.24) is 9.97 Å². The summed E-state index contributed by atoms with van der Waals surface area (Å²) in [5.74, 6) is 2.50. The molecule has 5 heteroatoms. The highest BCUT2D eigenvalue weighted by Crippen LogP contribution is 2.21. The Hall–Kier alpha value is -1.36. The second kappa shape index (κ2) is 7.28. The smallest absolute Gasteiger partial charge is 0.134 e. The SMILES string of the molecule is CCNc1ncnc(NCC2CCCOC2)c1CC. The molecule has 5 nitrogen and oxygen atoms in total. The van der Waals surface area contributed by atoms with Crippen LogP contribution < -0.4 is 10.6 Å². The summed E-state index contributed by atoms with van der Waals surface area (Å²) in [5.41, 5.74) is 1.17. The van der Waals surface area contributed by atoms with Crippen LogP contribution in [0.15, 0.2) is 6.33 Å². The Morgan fingerprint density at radius 2 is 2.05 bits per heavy atom. The molecule has 0 bridgehead atoms. The fourth-order valence-electron chi connectivity index (χ4n) is 2.43. The van der Waals surface area contributed by atoms with Gasteiger partial charge in [0.25, 0.3) is 0 Å². The monoisotopic (exact) mass is 264 g/mol. The van der Waals surface area contributed by atoms with Crippen LogP contribution in [0.25, 0.3) is 0 Å². The molecule has 0 aliphatic carbocycles. The second-order valence-corrected chi connectivity index (χ2v) is 4.90. The Bertz CT molecular complexity index is 391. The lowest BCUT2D eigenvalue weighted by Gasteiger charge is -2.23. The molecule has 2 N–H and O–H groups in total. The third kappa shape index (κ3) is 3.80. The third-order valence-corrected chi connectivity index (χ3v) is 3.46. The number of aromatic nitrogens is 2. The van der Waals surface area contributed by atoms with Gasteiger partial charge in [-0.2, -0.15) is 0 Å². The Morgan fingerprint density at radius 1 is 1.26 bits per heavy atom. The molecule has 0 spiro atoms. The van der Waals surface area contributed by atoms with Crippen LogP contribution >= 0.6 is 0 Å². The molecule has 106 valence electrons. The lowest BCUT2D eigenvalue weighted by atomic mass is 10.0. The van der Waals surface area contributed by atoms with Gasteiger partial charge < -0.3 is 15.4 Å². The summed E-state index contributed by atoms with van der Waals surface area (Å²) in [6.07, 6.45) is 4.95. The molecule has 0 saturated carbocycles. The van der Waals surface area contributed by atoms with Crippen molar-refractivity contribution in [2.75, 3.05) is 36.9 Å². The van der Waals surface area contributed by atoms with E-state index in [9.17, 15) is 0 Å². The first-order valence-electron chi connectivity index (χ1n) is 7.24. The Labute approximate surface area is 115 Å². The molecule has 0 radical (unpaired) electrons. The first kappa shape index (κ1) is 14.1. The molecule has 1 aromatic heterocycles. The average molecular weight is 264 g/mol. The standard InChI is InChI=1S/C14H24N4O/c1-3-12-13(15-4-2)17-10-18-14(12)16-8-11-6-5-7-19-9-11/h10-11H,3-9H2,1-2H3,(H2,15,16,17,18). The zero-order valence-corrected chi connectivity index (χ0v) is 11.9. The average Bonchev–Trinajstić information content (AvgIpc) is 2.46. The highest BCUT2D eigenvalue weighted by atomic mass is 16.5. The minimum Gasteiger partial charge on any atom is -0.381 e. The van der Waals surface area contributed by atoms with Gasteiger partial charge >= 0.3 is 0 Å². The van der Waals surface area contributed by atoms with Gasteiger partial charge in [-0.1, -0.05) is 6.92 Å². The molecule has 0 amide bonds. The van der Waals surface area contributed by atoms with E-state index in [1.165, 1.54) is 18.4 Å².